The minimum atomic E-state index is -0.328. The molecule has 0 unspecified atom stereocenters. The number of carbonyl (C=O) groups excluding carboxylic acids is 2. The minimum Gasteiger partial charge on any atom is -0.337 e. The van der Waals surface area contributed by atoms with Gasteiger partial charge >= 0.3 is 0 Å². The number of rotatable bonds is 8. The van der Waals surface area contributed by atoms with Gasteiger partial charge in [0.2, 0.25) is 11.8 Å². The van der Waals surface area contributed by atoms with Gasteiger partial charge in [-0.15, -0.1) is 11.3 Å². The largest absolute Gasteiger partial charge is 0.337 e. The van der Waals surface area contributed by atoms with Gasteiger partial charge in [-0.3, -0.25) is 19.4 Å². The Morgan fingerprint density at radius 2 is 1.72 bits per heavy atom. The number of piperazine rings is 1. The van der Waals surface area contributed by atoms with E-state index in [-0.39, 0.29) is 17.6 Å². The molecular formula is C21H27FN4O2S. The van der Waals surface area contributed by atoms with Crippen LogP contribution in [0.15, 0.2) is 41.8 Å². The molecule has 1 N–H and O–H groups in total. The van der Waals surface area contributed by atoms with Crippen molar-refractivity contribution in [3.63, 3.8) is 0 Å². The predicted molar refractivity (Wildman–Crippen MR) is 113 cm³/mol. The molecule has 2 heterocycles. The van der Waals surface area contributed by atoms with Gasteiger partial charge in [0, 0.05) is 43.3 Å². The third-order valence-electron chi connectivity index (χ3n) is 4.98. The zero-order valence-electron chi connectivity index (χ0n) is 16.6. The fraction of sp³-hybridized carbons (Fsp3) is 0.429. The molecule has 3 rings (SSSR count). The summed E-state index contributed by atoms with van der Waals surface area (Å²) >= 11 is 1.67. The maximum Gasteiger partial charge on any atom is 0.238 e. The SMILES string of the molecule is CCN(Cc1cccs1)C(=O)CN1CCN(CC(=O)Nc2ccc(F)cc2)CC1. The Hall–Kier alpha value is -2.29. The van der Waals surface area contributed by atoms with Crippen LogP contribution in [0.2, 0.25) is 0 Å². The number of likely N-dealkylation sites (N-methyl/N-ethyl adjacent to an activating group) is 1. The molecule has 2 aromatic rings. The van der Waals surface area contributed by atoms with Crippen molar-refractivity contribution in [3.8, 4) is 0 Å². The summed E-state index contributed by atoms with van der Waals surface area (Å²) in [6.07, 6.45) is 0. The second-order valence-corrected chi connectivity index (χ2v) is 8.13. The number of hydrogen-bond donors (Lipinski definition) is 1. The topological polar surface area (TPSA) is 55.9 Å². The molecule has 2 amide bonds. The summed E-state index contributed by atoms with van der Waals surface area (Å²) in [7, 11) is 0. The number of hydrogen-bond acceptors (Lipinski definition) is 5. The van der Waals surface area contributed by atoms with Gasteiger partial charge in [-0.1, -0.05) is 6.07 Å². The lowest BCUT2D eigenvalue weighted by Gasteiger charge is -2.34. The van der Waals surface area contributed by atoms with Gasteiger partial charge in [0.15, 0.2) is 0 Å². The van der Waals surface area contributed by atoms with Crippen molar-refractivity contribution >= 4 is 28.8 Å². The number of nitrogens with zero attached hydrogens (tertiary/aromatic N) is 3. The third-order valence-corrected chi connectivity index (χ3v) is 5.84. The lowest BCUT2D eigenvalue weighted by molar-refractivity contribution is -0.133. The standard InChI is InChI=1S/C21H27FN4O2S/c1-2-26(14-19-4-3-13-29-19)21(28)16-25-11-9-24(10-12-25)15-20(27)23-18-7-5-17(22)6-8-18/h3-8,13H,2,9-12,14-16H2,1H3,(H,23,27). The molecule has 0 radical (unpaired) electrons. The highest BCUT2D eigenvalue weighted by molar-refractivity contribution is 7.09. The van der Waals surface area contributed by atoms with Crippen LogP contribution in [0.4, 0.5) is 10.1 Å². The quantitative estimate of drug-likeness (QED) is 0.716. The maximum atomic E-state index is 12.9. The van der Waals surface area contributed by atoms with Crippen molar-refractivity contribution in [2.24, 2.45) is 0 Å². The number of benzene rings is 1. The van der Waals surface area contributed by atoms with Crippen molar-refractivity contribution in [1.82, 2.24) is 14.7 Å². The Bertz CT molecular complexity index is 790. The molecule has 1 aromatic heterocycles. The van der Waals surface area contributed by atoms with E-state index in [1.54, 1.807) is 23.5 Å². The van der Waals surface area contributed by atoms with E-state index in [1.807, 2.05) is 23.3 Å². The molecule has 1 fully saturated rings. The number of nitrogens with one attached hydrogen (secondary N) is 1. The fourth-order valence-corrected chi connectivity index (χ4v) is 4.02. The molecule has 156 valence electrons. The molecule has 6 nitrogen and oxygen atoms in total. The molecule has 1 aromatic carbocycles. The Labute approximate surface area is 174 Å². The average Bonchev–Trinajstić information content (AvgIpc) is 3.22. The second kappa shape index (κ2) is 10.5. The van der Waals surface area contributed by atoms with Crippen molar-refractivity contribution in [2.45, 2.75) is 13.5 Å². The minimum absolute atomic E-state index is 0.116. The molecule has 0 atom stereocenters. The highest BCUT2D eigenvalue weighted by Gasteiger charge is 2.22. The van der Waals surface area contributed by atoms with Crippen molar-refractivity contribution in [1.29, 1.82) is 0 Å². The number of anilines is 1. The summed E-state index contributed by atoms with van der Waals surface area (Å²) in [4.78, 5) is 32.1. The second-order valence-electron chi connectivity index (χ2n) is 7.09. The van der Waals surface area contributed by atoms with Crippen LogP contribution in [0, 0.1) is 5.82 Å². The fourth-order valence-electron chi connectivity index (χ4n) is 3.30. The monoisotopic (exact) mass is 418 g/mol. The van der Waals surface area contributed by atoms with Gasteiger partial charge < -0.3 is 10.2 Å². The first-order chi connectivity index (χ1) is 14.0. The van der Waals surface area contributed by atoms with Crippen LogP contribution < -0.4 is 5.32 Å². The van der Waals surface area contributed by atoms with Crippen molar-refractivity contribution in [3.05, 3.63) is 52.5 Å². The van der Waals surface area contributed by atoms with Gasteiger partial charge in [0.1, 0.15) is 5.82 Å². The maximum absolute atomic E-state index is 12.9. The molecule has 1 aliphatic heterocycles. The molecular weight excluding hydrogens is 391 g/mol. The summed E-state index contributed by atoms with van der Waals surface area (Å²) in [5, 5.41) is 4.81. The lowest BCUT2D eigenvalue weighted by Crippen LogP contribution is -2.51. The zero-order valence-corrected chi connectivity index (χ0v) is 17.5. The van der Waals surface area contributed by atoms with Gasteiger partial charge in [-0.2, -0.15) is 0 Å². The molecule has 8 heteroatoms. The Morgan fingerprint density at radius 1 is 1.07 bits per heavy atom. The number of amides is 2. The summed E-state index contributed by atoms with van der Waals surface area (Å²) < 4.78 is 12.9. The van der Waals surface area contributed by atoms with Gasteiger partial charge in [0.05, 0.1) is 19.6 Å². The molecule has 0 spiro atoms. The van der Waals surface area contributed by atoms with Gasteiger partial charge in [0.25, 0.3) is 0 Å². The molecule has 1 saturated heterocycles. The zero-order chi connectivity index (χ0) is 20.6. The Balaban J connectivity index is 1.39. The van der Waals surface area contributed by atoms with Crippen LogP contribution in [0.25, 0.3) is 0 Å². The van der Waals surface area contributed by atoms with Crippen LogP contribution in [-0.2, 0) is 16.1 Å². The highest BCUT2D eigenvalue weighted by atomic mass is 32.1. The smallest absolute Gasteiger partial charge is 0.238 e. The van der Waals surface area contributed by atoms with E-state index in [1.165, 1.54) is 17.0 Å². The van der Waals surface area contributed by atoms with Crippen LogP contribution >= 0.6 is 11.3 Å². The summed E-state index contributed by atoms with van der Waals surface area (Å²) in [5.41, 5.74) is 0.589. The Morgan fingerprint density at radius 3 is 2.31 bits per heavy atom. The molecule has 0 bridgehead atoms. The Kier molecular flexibility index (Phi) is 7.74. The third kappa shape index (κ3) is 6.62. The van der Waals surface area contributed by atoms with Gasteiger partial charge in [-0.25, -0.2) is 4.39 Å². The summed E-state index contributed by atoms with van der Waals surface area (Å²) in [6, 6.07) is 9.80. The van der Waals surface area contributed by atoms with E-state index in [2.05, 4.69) is 21.2 Å². The van der Waals surface area contributed by atoms with E-state index in [9.17, 15) is 14.0 Å². The van der Waals surface area contributed by atoms with Crippen LogP contribution in [0.3, 0.4) is 0 Å². The molecule has 0 saturated carbocycles. The normalized spacial score (nSPS) is 15.2. The first kappa shape index (κ1) is 21.4. The molecule has 1 aliphatic rings. The summed E-state index contributed by atoms with van der Waals surface area (Å²) in [5.74, 6) is -0.302. The lowest BCUT2D eigenvalue weighted by atomic mass is 10.2. The first-order valence-corrected chi connectivity index (χ1v) is 10.7. The van der Waals surface area contributed by atoms with E-state index >= 15 is 0 Å². The van der Waals surface area contributed by atoms with E-state index in [0.717, 1.165) is 26.2 Å². The predicted octanol–water partition coefficient (Wildman–Crippen LogP) is 2.49. The van der Waals surface area contributed by atoms with Crippen LogP contribution in [0.1, 0.15) is 11.8 Å². The van der Waals surface area contributed by atoms with E-state index in [0.29, 0.717) is 31.9 Å². The van der Waals surface area contributed by atoms with E-state index in [4.69, 9.17) is 0 Å². The molecule has 29 heavy (non-hydrogen) atoms. The number of carbonyl (C=O) groups is 2. The van der Waals surface area contributed by atoms with Crippen LogP contribution in [-0.4, -0.2) is 72.3 Å². The highest BCUT2D eigenvalue weighted by Crippen LogP contribution is 2.13. The van der Waals surface area contributed by atoms with Gasteiger partial charge in [-0.05, 0) is 42.6 Å². The summed E-state index contributed by atoms with van der Waals surface area (Å²) in [6.45, 7) is 7.05. The van der Waals surface area contributed by atoms with Crippen molar-refractivity contribution in [2.75, 3.05) is 51.1 Å². The van der Waals surface area contributed by atoms with Crippen LogP contribution in [0.5, 0.6) is 0 Å². The average molecular weight is 419 g/mol. The van der Waals surface area contributed by atoms with Crippen molar-refractivity contribution < 1.29 is 14.0 Å². The number of halogens is 1. The first-order valence-electron chi connectivity index (χ1n) is 9.83. The molecule has 0 aliphatic carbocycles. The number of thiophene rings is 1. The van der Waals surface area contributed by atoms with E-state index < -0.39 is 0 Å².